The molecule has 1 N–H and O–H groups in total. The lowest BCUT2D eigenvalue weighted by Crippen LogP contribution is -2.49. The van der Waals surface area contributed by atoms with Crippen molar-refractivity contribution in [1.29, 1.82) is 0 Å². The standard InChI is InChI=1S/C13H17N3O2/c17-12-4-1-10(9-14-12)13(18)16-7-5-15(6-8-16)11-2-3-11/h1,4,9,11H,2-3,5-8H2,(H,14,17). The minimum Gasteiger partial charge on any atom is -0.336 e. The molecule has 0 aromatic carbocycles. The van der Waals surface area contributed by atoms with Gasteiger partial charge >= 0.3 is 0 Å². The second kappa shape index (κ2) is 4.57. The monoisotopic (exact) mass is 247 g/mol. The number of pyridine rings is 1. The highest BCUT2D eigenvalue weighted by Crippen LogP contribution is 2.27. The van der Waals surface area contributed by atoms with Crippen LogP contribution in [0.3, 0.4) is 0 Å². The summed E-state index contributed by atoms with van der Waals surface area (Å²) >= 11 is 0. The first-order valence-corrected chi connectivity index (χ1v) is 6.46. The van der Waals surface area contributed by atoms with Crippen LogP contribution in [0.1, 0.15) is 23.2 Å². The van der Waals surface area contributed by atoms with E-state index in [9.17, 15) is 9.59 Å². The minimum absolute atomic E-state index is 0.0155. The molecule has 2 heterocycles. The van der Waals surface area contributed by atoms with Gasteiger partial charge in [0, 0.05) is 44.5 Å². The average Bonchev–Trinajstić information content (AvgIpc) is 3.23. The maximum absolute atomic E-state index is 12.2. The Labute approximate surface area is 105 Å². The Morgan fingerprint density at radius 2 is 1.89 bits per heavy atom. The van der Waals surface area contributed by atoms with Crippen LogP contribution in [-0.4, -0.2) is 52.9 Å². The fourth-order valence-electron chi connectivity index (χ4n) is 2.46. The highest BCUT2D eigenvalue weighted by atomic mass is 16.2. The number of carbonyl (C=O) groups is 1. The summed E-state index contributed by atoms with van der Waals surface area (Å²) in [5.74, 6) is 0.0155. The maximum Gasteiger partial charge on any atom is 0.255 e. The van der Waals surface area contributed by atoms with E-state index in [0.29, 0.717) is 5.56 Å². The Kier molecular flexibility index (Phi) is 2.91. The lowest BCUT2D eigenvalue weighted by molar-refractivity contribution is 0.0627. The zero-order valence-electron chi connectivity index (χ0n) is 10.3. The van der Waals surface area contributed by atoms with Gasteiger partial charge in [0.2, 0.25) is 5.56 Å². The molecule has 0 radical (unpaired) electrons. The number of nitrogens with zero attached hydrogens (tertiary/aromatic N) is 2. The largest absolute Gasteiger partial charge is 0.336 e. The summed E-state index contributed by atoms with van der Waals surface area (Å²) in [6, 6.07) is 3.76. The van der Waals surface area contributed by atoms with Crippen molar-refractivity contribution in [2.45, 2.75) is 18.9 Å². The van der Waals surface area contributed by atoms with Gasteiger partial charge < -0.3 is 9.88 Å². The molecule has 0 unspecified atom stereocenters. The summed E-state index contributed by atoms with van der Waals surface area (Å²) in [5, 5.41) is 0. The smallest absolute Gasteiger partial charge is 0.255 e. The minimum atomic E-state index is -0.176. The lowest BCUT2D eigenvalue weighted by atomic mass is 10.2. The van der Waals surface area contributed by atoms with Gasteiger partial charge in [0.1, 0.15) is 0 Å². The second-order valence-corrected chi connectivity index (χ2v) is 5.00. The summed E-state index contributed by atoms with van der Waals surface area (Å²) in [7, 11) is 0. The van der Waals surface area contributed by atoms with Crippen LogP contribution in [0.15, 0.2) is 23.1 Å². The number of nitrogens with one attached hydrogen (secondary N) is 1. The Hall–Kier alpha value is -1.62. The number of hydrogen-bond donors (Lipinski definition) is 1. The van der Waals surface area contributed by atoms with Gasteiger partial charge in [-0.25, -0.2) is 0 Å². The third kappa shape index (κ3) is 2.31. The molecule has 3 rings (SSSR count). The van der Waals surface area contributed by atoms with Crippen LogP contribution >= 0.6 is 0 Å². The van der Waals surface area contributed by atoms with E-state index >= 15 is 0 Å². The highest BCUT2D eigenvalue weighted by molar-refractivity contribution is 5.93. The first-order chi connectivity index (χ1) is 8.74. The van der Waals surface area contributed by atoms with Crippen molar-refractivity contribution in [3.8, 4) is 0 Å². The van der Waals surface area contributed by atoms with E-state index in [-0.39, 0.29) is 11.5 Å². The molecule has 96 valence electrons. The molecule has 5 heteroatoms. The summed E-state index contributed by atoms with van der Waals surface area (Å²) in [5.41, 5.74) is 0.388. The van der Waals surface area contributed by atoms with Gasteiger partial charge in [-0.2, -0.15) is 0 Å². The molecule has 1 aromatic heterocycles. The molecule has 1 aliphatic heterocycles. The second-order valence-electron chi connectivity index (χ2n) is 5.00. The lowest BCUT2D eigenvalue weighted by Gasteiger charge is -2.34. The van der Waals surface area contributed by atoms with Crippen LogP contribution < -0.4 is 5.56 Å². The number of hydrogen-bond acceptors (Lipinski definition) is 3. The van der Waals surface area contributed by atoms with Gasteiger partial charge in [-0.15, -0.1) is 0 Å². The molecule has 18 heavy (non-hydrogen) atoms. The first-order valence-electron chi connectivity index (χ1n) is 6.46. The van der Waals surface area contributed by atoms with Crippen LogP contribution in [0.4, 0.5) is 0 Å². The zero-order chi connectivity index (χ0) is 12.5. The fraction of sp³-hybridized carbons (Fsp3) is 0.538. The number of rotatable bonds is 2. The van der Waals surface area contributed by atoms with Gasteiger partial charge in [-0.1, -0.05) is 0 Å². The van der Waals surface area contributed by atoms with E-state index in [1.54, 1.807) is 6.07 Å². The summed E-state index contributed by atoms with van der Waals surface area (Å²) in [6.07, 6.45) is 4.12. The molecule has 1 amide bonds. The van der Waals surface area contributed by atoms with Crippen molar-refractivity contribution >= 4 is 5.91 Å². The van der Waals surface area contributed by atoms with E-state index < -0.39 is 0 Å². The van der Waals surface area contributed by atoms with Crippen LogP contribution in [0.2, 0.25) is 0 Å². The molecule has 2 fully saturated rings. The quantitative estimate of drug-likeness (QED) is 0.817. The van der Waals surface area contributed by atoms with E-state index in [1.807, 2.05) is 4.90 Å². The van der Waals surface area contributed by atoms with Crippen molar-refractivity contribution in [3.63, 3.8) is 0 Å². The summed E-state index contributed by atoms with van der Waals surface area (Å²) < 4.78 is 0. The molecule has 0 bridgehead atoms. The third-order valence-corrected chi connectivity index (χ3v) is 3.70. The zero-order valence-corrected chi connectivity index (χ0v) is 10.3. The van der Waals surface area contributed by atoms with Crippen LogP contribution in [0, 0.1) is 0 Å². The van der Waals surface area contributed by atoms with E-state index in [2.05, 4.69) is 9.88 Å². The van der Waals surface area contributed by atoms with Crippen LogP contribution in [0.5, 0.6) is 0 Å². The Morgan fingerprint density at radius 1 is 1.17 bits per heavy atom. The topological polar surface area (TPSA) is 56.4 Å². The molecular formula is C13H17N3O2. The molecule has 0 spiro atoms. The Bertz CT molecular complexity index is 479. The van der Waals surface area contributed by atoms with Crippen molar-refractivity contribution in [2.75, 3.05) is 26.2 Å². The number of amides is 1. The van der Waals surface area contributed by atoms with Crippen molar-refractivity contribution < 1.29 is 4.79 Å². The molecule has 1 aliphatic carbocycles. The van der Waals surface area contributed by atoms with Gasteiger partial charge in [0.15, 0.2) is 0 Å². The Morgan fingerprint density at radius 3 is 2.44 bits per heavy atom. The normalized spacial score (nSPS) is 21.0. The van der Waals surface area contributed by atoms with E-state index in [0.717, 1.165) is 32.2 Å². The van der Waals surface area contributed by atoms with E-state index in [1.165, 1.54) is 25.1 Å². The Balaban J connectivity index is 1.63. The SMILES string of the molecule is O=C(c1ccc(=O)[nH]c1)N1CCN(C2CC2)CC1. The number of aromatic nitrogens is 1. The predicted molar refractivity (Wildman–Crippen MR) is 67.6 cm³/mol. The first kappa shape index (κ1) is 11.5. The predicted octanol–water partition coefficient (Wildman–Crippen LogP) is 0.295. The highest BCUT2D eigenvalue weighted by Gasteiger charge is 2.32. The van der Waals surface area contributed by atoms with Crippen molar-refractivity contribution in [1.82, 2.24) is 14.8 Å². The summed E-state index contributed by atoms with van der Waals surface area (Å²) in [4.78, 5) is 30.0. The number of piperazine rings is 1. The molecule has 1 saturated carbocycles. The maximum atomic E-state index is 12.2. The van der Waals surface area contributed by atoms with E-state index in [4.69, 9.17) is 0 Å². The van der Waals surface area contributed by atoms with Crippen LogP contribution in [-0.2, 0) is 0 Å². The number of carbonyl (C=O) groups excluding carboxylic acids is 1. The molecule has 5 nitrogen and oxygen atoms in total. The van der Waals surface area contributed by atoms with Crippen LogP contribution in [0.25, 0.3) is 0 Å². The third-order valence-electron chi connectivity index (χ3n) is 3.70. The van der Waals surface area contributed by atoms with Gasteiger partial charge in [0.25, 0.3) is 5.91 Å². The fourth-order valence-corrected chi connectivity index (χ4v) is 2.46. The van der Waals surface area contributed by atoms with Gasteiger partial charge in [-0.3, -0.25) is 14.5 Å². The average molecular weight is 247 g/mol. The molecule has 2 aliphatic rings. The number of aromatic amines is 1. The number of H-pyrrole nitrogens is 1. The molecule has 0 atom stereocenters. The van der Waals surface area contributed by atoms with Crippen molar-refractivity contribution in [2.24, 2.45) is 0 Å². The molecule has 1 saturated heterocycles. The molecular weight excluding hydrogens is 230 g/mol. The van der Waals surface area contributed by atoms with Gasteiger partial charge in [-0.05, 0) is 18.9 Å². The van der Waals surface area contributed by atoms with Gasteiger partial charge in [0.05, 0.1) is 5.56 Å². The molecule has 1 aromatic rings. The summed E-state index contributed by atoms with van der Waals surface area (Å²) in [6.45, 7) is 3.52. The van der Waals surface area contributed by atoms with Crippen molar-refractivity contribution in [3.05, 3.63) is 34.2 Å².